The molecule has 9 nitrogen and oxygen atoms in total. The fourth-order valence-electron chi connectivity index (χ4n) is 4.27. The molecule has 0 spiro atoms. The Labute approximate surface area is 181 Å². The van der Waals surface area contributed by atoms with Crippen molar-refractivity contribution in [2.24, 2.45) is 17.8 Å². The van der Waals surface area contributed by atoms with Crippen LogP contribution in [-0.4, -0.2) is 71.5 Å². The Bertz CT molecular complexity index is 814. The van der Waals surface area contributed by atoms with Gasteiger partial charge in [0.05, 0.1) is 36.2 Å². The Kier molecular flexibility index (Phi) is 7.40. The predicted octanol–water partition coefficient (Wildman–Crippen LogP) is 1.32. The first-order valence-corrected chi connectivity index (χ1v) is 10.6. The van der Waals surface area contributed by atoms with Crippen molar-refractivity contribution in [3.05, 3.63) is 35.4 Å². The molecular formula is C22H29N3O6. The molecule has 0 aromatic heterocycles. The summed E-state index contributed by atoms with van der Waals surface area (Å²) in [6.45, 7) is 5.65. The third-order valence-corrected chi connectivity index (χ3v) is 5.84. The molecule has 2 aliphatic rings. The number of benzene rings is 1. The van der Waals surface area contributed by atoms with Gasteiger partial charge in [-0.05, 0) is 30.9 Å². The number of nitrogens with one attached hydrogen (secondary N) is 1. The topological polar surface area (TPSA) is 116 Å². The van der Waals surface area contributed by atoms with Gasteiger partial charge in [0.2, 0.25) is 11.8 Å². The van der Waals surface area contributed by atoms with Crippen LogP contribution in [0, 0.1) is 17.8 Å². The van der Waals surface area contributed by atoms with Crippen molar-refractivity contribution in [3.8, 4) is 0 Å². The molecule has 2 atom stereocenters. The Morgan fingerprint density at radius 3 is 2.16 bits per heavy atom. The zero-order chi connectivity index (χ0) is 22.5. The van der Waals surface area contributed by atoms with Crippen molar-refractivity contribution in [2.75, 3.05) is 32.8 Å². The summed E-state index contributed by atoms with van der Waals surface area (Å²) in [6, 6.07) is 6.57. The number of rotatable bonds is 8. The number of imide groups is 1. The van der Waals surface area contributed by atoms with Gasteiger partial charge in [0.1, 0.15) is 0 Å². The van der Waals surface area contributed by atoms with Crippen LogP contribution in [0.5, 0.6) is 0 Å². The second-order valence-electron chi connectivity index (χ2n) is 8.35. The van der Waals surface area contributed by atoms with Crippen LogP contribution in [0.2, 0.25) is 0 Å². The van der Waals surface area contributed by atoms with Crippen LogP contribution in [0.25, 0.3) is 0 Å². The van der Waals surface area contributed by atoms with Crippen molar-refractivity contribution in [3.63, 3.8) is 0 Å². The summed E-state index contributed by atoms with van der Waals surface area (Å²) >= 11 is 0. The molecule has 1 saturated heterocycles. The fourth-order valence-corrected chi connectivity index (χ4v) is 4.27. The molecule has 0 radical (unpaired) electrons. The molecule has 9 heteroatoms. The summed E-state index contributed by atoms with van der Waals surface area (Å²) in [5, 5.41) is 9.33. The maximum absolute atomic E-state index is 13.3. The first-order chi connectivity index (χ1) is 14.8. The quantitative estimate of drug-likeness (QED) is 0.364. The fraction of sp³-hybridized carbons (Fsp3) is 0.545. The van der Waals surface area contributed by atoms with Crippen LogP contribution in [0.3, 0.4) is 0 Å². The number of hydroxylamine groups is 1. The van der Waals surface area contributed by atoms with Crippen molar-refractivity contribution < 1.29 is 29.1 Å². The minimum absolute atomic E-state index is 0.0184. The van der Waals surface area contributed by atoms with Crippen LogP contribution in [-0.2, 0) is 14.3 Å². The number of morpholine rings is 1. The van der Waals surface area contributed by atoms with Gasteiger partial charge in [0.25, 0.3) is 11.8 Å². The van der Waals surface area contributed by atoms with E-state index in [0.717, 1.165) is 4.90 Å². The van der Waals surface area contributed by atoms with Gasteiger partial charge in [-0.2, -0.15) is 0 Å². The number of fused-ring (bicyclic) bond motifs is 1. The minimum Gasteiger partial charge on any atom is -0.378 e. The van der Waals surface area contributed by atoms with E-state index in [1.54, 1.807) is 34.6 Å². The van der Waals surface area contributed by atoms with E-state index in [4.69, 9.17) is 4.74 Å². The number of ether oxygens (including phenoxy) is 1. The molecule has 1 aromatic rings. The third kappa shape index (κ3) is 4.94. The molecule has 31 heavy (non-hydrogen) atoms. The summed E-state index contributed by atoms with van der Waals surface area (Å²) < 4.78 is 5.31. The highest BCUT2D eigenvalue weighted by molar-refractivity contribution is 6.21. The summed E-state index contributed by atoms with van der Waals surface area (Å²) in [5.41, 5.74) is 2.33. The lowest BCUT2D eigenvalue weighted by molar-refractivity contribution is -0.148. The van der Waals surface area contributed by atoms with E-state index in [-0.39, 0.29) is 24.8 Å². The average molecular weight is 431 g/mol. The Balaban J connectivity index is 1.79. The molecule has 0 bridgehead atoms. The molecule has 1 aromatic carbocycles. The van der Waals surface area contributed by atoms with E-state index in [2.05, 4.69) is 0 Å². The molecule has 2 heterocycles. The van der Waals surface area contributed by atoms with Crippen LogP contribution in [0.1, 0.15) is 47.4 Å². The van der Waals surface area contributed by atoms with E-state index in [0.29, 0.717) is 43.9 Å². The molecule has 168 valence electrons. The minimum atomic E-state index is -0.882. The van der Waals surface area contributed by atoms with Crippen LogP contribution in [0.15, 0.2) is 24.3 Å². The normalized spacial score (nSPS) is 18.2. The zero-order valence-electron chi connectivity index (χ0n) is 17.9. The number of carbonyl (C=O) groups excluding carboxylic acids is 4. The molecule has 1 fully saturated rings. The van der Waals surface area contributed by atoms with Gasteiger partial charge in [-0.15, -0.1) is 0 Å². The van der Waals surface area contributed by atoms with Gasteiger partial charge >= 0.3 is 0 Å². The summed E-state index contributed by atoms with van der Waals surface area (Å²) in [5.74, 6) is -3.13. The third-order valence-electron chi connectivity index (χ3n) is 5.84. The monoisotopic (exact) mass is 431 g/mol. The SMILES string of the molecule is CC(C)C[C@@H](C(=O)N1CCOCC1)C(CCN1C(=O)c2ccccc2C1=O)C(=O)NO. The predicted molar refractivity (Wildman–Crippen MR) is 110 cm³/mol. The molecule has 2 aliphatic heterocycles. The van der Waals surface area contributed by atoms with Gasteiger partial charge < -0.3 is 9.64 Å². The Morgan fingerprint density at radius 2 is 1.65 bits per heavy atom. The van der Waals surface area contributed by atoms with Gasteiger partial charge in [-0.1, -0.05) is 26.0 Å². The van der Waals surface area contributed by atoms with Crippen LogP contribution < -0.4 is 5.48 Å². The molecule has 2 N–H and O–H groups in total. The molecule has 0 aliphatic carbocycles. The maximum Gasteiger partial charge on any atom is 0.261 e. The van der Waals surface area contributed by atoms with Gasteiger partial charge in [0, 0.05) is 19.6 Å². The number of nitrogens with zero attached hydrogens (tertiary/aromatic N) is 2. The lowest BCUT2D eigenvalue weighted by atomic mass is 9.81. The number of hydrogen-bond donors (Lipinski definition) is 2. The van der Waals surface area contributed by atoms with E-state index in [1.165, 1.54) is 0 Å². The highest BCUT2D eigenvalue weighted by atomic mass is 16.5. The number of carbonyl (C=O) groups is 4. The van der Waals surface area contributed by atoms with Gasteiger partial charge in [0.15, 0.2) is 0 Å². The van der Waals surface area contributed by atoms with Gasteiger partial charge in [-0.25, -0.2) is 5.48 Å². The largest absolute Gasteiger partial charge is 0.378 e. The van der Waals surface area contributed by atoms with E-state index >= 15 is 0 Å². The van der Waals surface area contributed by atoms with Crippen molar-refractivity contribution in [2.45, 2.75) is 26.7 Å². The summed E-state index contributed by atoms with van der Waals surface area (Å²) in [4.78, 5) is 53.9. The molecule has 0 saturated carbocycles. The molecule has 4 amide bonds. The zero-order valence-corrected chi connectivity index (χ0v) is 17.9. The lowest BCUT2D eigenvalue weighted by Crippen LogP contribution is -2.48. The summed E-state index contributed by atoms with van der Waals surface area (Å²) in [6.07, 6.45) is 0.516. The number of hydrogen-bond acceptors (Lipinski definition) is 6. The first-order valence-electron chi connectivity index (χ1n) is 10.6. The van der Waals surface area contributed by atoms with E-state index in [9.17, 15) is 24.4 Å². The van der Waals surface area contributed by atoms with Crippen molar-refractivity contribution in [1.82, 2.24) is 15.3 Å². The molecule has 1 unspecified atom stereocenters. The highest BCUT2D eigenvalue weighted by Crippen LogP contribution is 2.29. The second kappa shape index (κ2) is 10.0. The Hall–Kier alpha value is -2.78. The first kappa shape index (κ1) is 22.9. The van der Waals surface area contributed by atoms with Crippen molar-refractivity contribution in [1.29, 1.82) is 0 Å². The lowest BCUT2D eigenvalue weighted by Gasteiger charge is -2.34. The smallest absolute Gasteiger partial charge is 0.261 e. The number of amides is 4. The van der Waals surface area contributed by atoms with Crippen LogP contribution >= 0.6 is 0 Å². The standard InChI is InChI=1S/C22H29N3O6/c1-14(2)13-18(20(27)24-9-11-31-12-10-24)15(19(26)23-30)7-8-25-21(28)16-5-3-4-6-17(16)22(25)29/h3-6,14-15,18,30H,7-13H2,1-2H3,(H,23,26)/t15?,18-/m1/s1. The summed E-state index contributed by atoms with van der Waals surface area (Å²) in [7, 11) is 0. The maximum atomic E-state index is 13.3. The van der Waals surface area contributed by atoms with Crippen LogP contribution in [0.4, 0.5) is 0 Å². The molecular weight excluding hydrogens is 402 g/mol. The average Bonchev–Trinajstić information content (AvgIpc) is 3.03. The van der Waals surface area contributed by atoms with E-state index < -0.39 is 29.6 Å². The second-order valence-corrected chi connectivity index (χ2v) is 8.35. The Morgan fingerprint density at radius 1 is 1.06 bits per heavy atom. The van der Waals surface area contributed by atoms with E-state index in [1.807, 2.05) is 13.8 Å². The highest BCUT2D eigenvalue weighted by Gasteiger charge is 2.40. The van der Waals surface area contributed by atoms with Crippen molar-refractivity contribution >= 4 is 23.6 Å². The molecule has 3 rings (SSSR count). The van der Waals surface area contributed by atoms with Gasteiger partial charge in [-0.3, -0.25) is 29.3 Å².